The summed E-state index contributed by atoms with van der Waals surface area (Å²) in [5.74, 6) is -1.26. The summed E-state index contributed by atoms with van der Waals surface area (Å²) in [6, 6.07) is 14.0. The van der Waals surface area contributed by atoms with Gasteiger partial charge in [0.25, 0.3) is 0 Å². The molecular formula is C18H17NO4. The van der Waals surface area contributed by atoms with Crippen LogP contribution >= 0.6 is 0 Å². The van der Waals surface area contributed by atoms with Gasteiger partial charge in [-0.1, -0.05) is 36.4 Å². The van der Waals surface area contributed by atoms with Crippen molar-refractivity contribution in [3.63, 3.8) is 0 Å². The Labute approximate surface area is 133 Å². The third-order valence-corrected chi connectivity index (χ3v) is 4.12. The van der Waals surface area contributed by atoms with Crippen molar-refractivity contribution >= 4 is 11.9 Å². The molecule has 0 aliphatic carbocycles. The van der Waals surface area contributed by atoms with Crippen molar-refractivity contribution in [2.45, 2.75) is 18.5 Å². The molecule has 0 saturated heterocycles. The lowest BCUT2D eigenvalue weighted by atomic mass is 9.86. The Morgan fingerprint density at radius 2 is 1.83 bits per heavy atom. The maximum absolute atomic E-state index is 11.5. The van der Waals surface area contributed by atoms with Gasteiger partial charge in [-0.3, -0.25) is 10.1 Å². The van der Waals surface area contributed by atoms with Gasteiger partial charge in [-0.2, -0.15) is 0 Å². The van der Waals surface area contributed by atoms with Gasteiger partial charge in [0.05, 0.1) is 18.7 Å². The highest BCUT2D eigenvalue weighted by molar-refractivity contribution is 5.89. The smallest absolute Gasteiger partial charge is 0.337 e. The van der Waals surface area contributed by atoms with Crippen LogP contribution in [0.25, 0.3) is 0 Å². The van der Waals surface area contributed by atoms with Crippen molar-refractivity contribution in [1.82, 2.24) is 5.32 Å². The minimum atomic E-state index is -0.865. The summed E-state index contributed by atoms with van der Waals surface area (Å²) in [5.41, 5.74) is 3.47. The summed E-state index contributed by atoms with van der Waals surface area (Å²) < 4.78 is 4.69. The summed E-state index contributed by atoms with van der Waals surface area (Å²) in [7, 11) is 1.34. The number of methoxy groups -OCH3 is 1. The molecule has 0 fully saturated rings. The van der Waals surface area contributed by atoms with E-state index < -0.39 is 18.0 Å². The molecule has 0 amide bonds. The number of nitrogens with one attached hydrogen (secondary N) is 1. The van der Waals surface area contributed by atoms with Gasteiger partial charge in [-0.25, -0.2) is 4.79 Å². The van der Waals surface area contributed by atoms with Gasteiger partial charge in [0.15, 0.2) is 0 Å². The highest BCUT2D eigenvalue weighted by Crippen LogP contribution is 2.30. The number of carbonyl (C=O) groups excluding carboxylic acids is 1. The Morgan fingerprint density at radius 3 is 2.48 bits per heavy atom. The van der Waals surface area contributed by atoms with E-state index >= 15 is 0 Å². The van der Waals surface area contributed by atoms with Crippen molar-refractivity contribution in [2.24, 2.45) is 0 Å². The van der Waals surface area contributed by atoms with Gasteiger partial charge in [-0.15, -0.1) is 0 Å². The Morgan fingerprint density at radius 1 is 1.13 bits per heavy atom. The van der Waals surface area contributed by atoms with E-state index in [1.807, 2.05) is 36.4 Å². The topological polar surface area (TPSA) is 75.6 Å². The normalized spacial score (nSPS) is 19.7. The van der Waals surface area contributed by atoms with Gasteiger partial charge < -0.3 is 9.84 Å². The van der Waals surface area contributed by atoms with E-state index in [0.717, 1.165) is 16.7 Å². The molecule has 118 valence electrons. The van der Waals surface area contributed by atoms with Crippen LogP contribution in [-0.2, 0) is 16.0 Å². The average molecular weight is 311 g/mol. The van der Waals surface area contributed by atoms with Crippen molar-refractivity contribution < 1.29 is 19.4 Å². The summed E-state index contributed by atoms with van der Waals surface area (Å²) in [6.45, 7) is 0. The first kappa shape index (κ1) is 15.2. The predicted molar refractivity (Wildman–Crippen MR) is 84.3 cm³/mol. The lowest BCUT2D eigenvalue weighted by molar-refractivity contribution is -0.139. The van der Waals surface area contributed by atoms with E-state index in [4.69, 9.17) is 4.74 Å². The molecule has 0 aromatic heterocycles. The van der Waals surface area contributed by atoms with E-state index in [0.29, 0.717) is 12.0 Å². The second kappa shape index (κ2) is 6.22. The summed E-state index contributed by atoms with van der Waals surface area (Å²) in [6.07, 6.45) is 0.461. The third kappa shape index (κ3) is 2.96. The quantitative estimate of drug-likeness (QED) is 0.850. The Bertz CT molecular complexity index is 739. The maximum Gasteiger partial charge on any atom is 0.337 e. The molecule has 1 unspecified atom stereocenters. The molecule has 5 nitrogen and oxygen atoms in total. The predicted octanol–water partition coefficient (Wildman–Crippen LogP) is 2.16. The molecule has 2 N–H and O–H groups in total. The van der Waals surface area contributed by atoms with Crippen LogP contribution in [0, 0.1) is 0 Å². The van der Waals surface area contributed by atoms with E-state index in [2.05, 4.69) is 5.32 Å². The SMILES string of the molecule is COC(=O)c1ccc(C2N[C@@H](C(=O)O)Cc3ccccc32)cc1. The van der Waals surface area contributed by atoms with Crippen molar-refractivity contribution in [1.29, 1.82) is 0 Å². The fourth-order valence-corrected chi connectivity index (χ4v) is 2.94. The van der Waals surface area contributed by atoms with Gasteiger partial charge in [0.1, 0.15) is 6.04 Å². The fourth-order valence-electron chi connectivity index (χ4n) is 2.94. The number of hydrogen-bond donors (Lipinski definition) is 2. The van der Waals surface area contributed by atoms with Crippen LogP contribution in [0.5, 0.6) is 0 Å². The molecule has 5 heteroatoms. The standard InChI is InChI=1S/C18H17NO4/c1-23-18(22)12-8-6-11(7-9-12)16-14-5-3-2-4-13(14)10-15(19-16)17(20)21/h2-9,15-16,19H,10H2,1H3,(H,20,21)/t15-,16?/m1/s1. The van der Waals surface area contributed by atoms with Crippen molar-refractivity contribution in [3.8, 4) is 0 Å². The molecule has 0 radical (unpaired) electrons. The molecule has 0 spiro atoms. The minimum absolute atomic E-state index is 0.215. The van der Waals surface area contributed by atoms with Crippen LogP contribution in [0.3, 0.4) is 0 Å². The fraction of sp³-hybridized carbons (Fsp3) is 0.222. The number of carboxylic acids is 1. The molecule has 1 aliphatic heterocycles. The third-order valence-electron chi connectivity index (χ3n) is 4.12. The first-order valence-electron chi connectivity index (χ1n) is 7.35. The molecule has 0 bridgehead atoms. The van der Waals surface area contributed by atoms with Crippen LogP contribution in [-0.4, -0.2) is 30.2 Å². The number of hydrogen-bond acceptors (Lipinski definition) is 4. The zero-order valence-electron chi connectivity index (χ0n) is 12.7. The average Bonchev–Trinajstić information content (AvgIpc) is 2.60. The van der Waals surface area contributed by atoms with Crippen LogP contribution in [0.15, 0.2) is 48.5 Å². The van der Waals surface area contributed by atoms with Gasteiger partial charge in [-0.05, 0) is 35.2 Å². The number of ether oxygens (including phenoxy) is 1. The lowest BCUT2D eigenvalue weighted by Gasteiger charge is -2.31. The highest BCUT2D eigenvalue weighted by atomic mass is 16.5. The lowest BCUT2D eigenvalue weighted by Crippen LogP contribution is -2.45. The number of esters is 1. The van der Waals surface area contributed by atoms with Crippen molar-refractivity contribution in [3.05, 3.63) is 70.8 Å². The monoisotopic (exact) mass is 311 g/mol. The van der Waals surface area contributed by atoms with Crippen LogP contribution in [0.2, 0.25) is 0 Å². The molecule has 1 heterocycles. The molecule has 0 saturated carbocycles. The molecular weight excluding hydrogens is 294 g/mol. The number of carbonyl (C=O) groups is 2. The Balaban J connectivity index is 1.97. The first-order chi connectivity index (χ1) is 11.1. The zero-order valence-corrected chi connectivity index (χ0v) is 12.7. The number of fused-ring (bicyclic) bond motifs is 1. The summed E-state index contributed by atoms with van der Waals surface area (Å²) in [5, 5.41) is 12.5. The molecule has 1 aliphatic rings. The Hall–Kier alpha value is -2.66. The number of aliphatic carboxylic acids is 1. The largest absolute Gasteiger partial charge is 0.480 e. The number of carboxylic acid groups (broad SMARTS) is 1. The summed E-state index contributed by atoms with van der Waals surface area (Å²) >= 11 is 0. The van der Waals surface area contributed by atoms with E-state index in [-0.39, 0.29) is 6.04 Å². The van der Waals surface area contributed by atoms with E-state index in [9.17, 15) is 14.7 Å². The molecule has 2 aromatic rings. The Kier molecular flexibility index (Phi) is 4.12. The van der Waals surface area contributed by atoms with Crippen molar-refractivity contribution in [2.75, 3.05) is 7.11 Å². The van der Waals surface area contributed by atoms with Crippen LogP contribution in [0.4, 0.5) is 0 Å². The molecule has 2 aromatic carbocycles. The minimum Gasteiger partial charge on any atom is -0.480 e. The molecule has 2 atom stereocenters. The van der Waals surface area contributed by atoms with Gasteiger partial charge >= 0.3 is 11.9 Å². The second-order valence-corrected chi connectivity index (χ2v) is 5.51. The maximum atomic E-state index is 11.5. The highest BCUT2D eigenvalue weighted by Gasteiger charge is 2.30. The zero-order chi connectivity index (χ0) is 16.4. The van der Waals surface area contributed by atoms with Crippen LogP contribution in [0.1, 0.15) is 33.1 Å². The van der Waals surface area contributed by atoms with Gasteiger partial charge in [0.2, 0.25) is 0 Å². The number of benzene rings is 2. The molecule has 3 rings (SSSR count). The summed E-state index contributed by atoms with van der Waals surface area (Å²) in [4.78, 5) is 22.9. The number of rotatable bonds is 3. The second-order valence-electron chi connectivity index (χ2n) is 5.51. The van der Waals surface area contributed by atoms with E-state index in [1.54, 1.807) is 12.1 Å². The molecule has 23 heavy (non-hydrogen) atoms. The van der Waals surface area contributed by atoms with E-state index in [1.165, 1.54) is 7.11 Å². The van der Waals surface area contributed by atoms with Crippen LogP contribution < -0.4 is 5.32 Å². The van der Waals surface area contributed by atoms with Gasteiger partial charge in [0, 0.05) is 0 Å². The first-order valence-corrected chi connectivity index (χ1v) is 7.35.